The van der Waals surface area contributed by atoms with Crippen molar-refractivity contribution in [3.8, 4) is 0 Å². The lowest BCUT2D eigenvalue weighted by Crippen LogP contribution is -1.87. The van der Waals surface area contributed by atoms with E-state index in [0.717, 1.165) is 9.17 Å². The third-order valence-corrected chi connectivity index (χ3v) is 4.73. The highest BCUT2D eigenvalue weighted by Crippen LogP contribution is 2.33. The van der Waals surface area contributed by atoms with E-state index in [9.17, 15) is 8.42 Å². The molecule has 2 rings (SSSR count). The number of hydrogen-bond donors (Lipinski definition) is 0. The highest BCUT2D eigenvalue weighted by Gasteiger charge is 2.15. The number of hydrogen-bond acceptors (Lipinski definition) is 3. The predicted octanol–water partition coefficient (Wildman–Crippen LogP) is 3.59. The van der Waals surface area contributed by atoms with Crippen LogP contribution in [0, 0.1) is 0 Å². The van der Waals surface area contributed by atoms with Crippen molar-refractivity contribution < 1.29 is 8.42 Å². The molecule has 0 spiro atoms. The van der Waals surface area contributed by atoms with E-state index in [-0.39, 0.29) is 4.90 Å². The van der Waals surface area contributed by atoms with Crippen LogP contribution in [-0.4, -0.2) is 8.42 Å². The zero-order chi connectivity index (χ0) is 10.3. The predicted molar refractivity (Wildman–Crippen MR) is 62.6 cm³/mol. The number of halogens is 2. The Balaban J connectivity index is 2.87. The summed E-state index contributed by atoms with van der Waals surface area (Å²) in [5.41, 5.74) is 0. The summed E-state index contributed by atoms with van der Waals surface area (Å²) in [6.07, 6.45) is 0. The summed E-state index contributed by atoms with van der Waals surface area (Å²) in [6.45, 7) is 0. The normalized spacial score (nSPS) is 12.1. The molecule has 0 saturated carbocycles. The Kier molecular flexibility index (Phi) is 2.59. The maximum Gasteiger partial charge on any atom is 0.262 e. The Morgan fingerprint density at radius 1 is 1.36 bits per heavy atom. The van der Waals surface area contributed by atoms with Gasteiger partial charge < -0.3 is 0 Å². The molecule has 0 amide bonds. The van der Waals surface area contributed by atoms with Crippen LogP contribution in [0.4, 0.5) is 0 Å². The SMILES string of the molecule is O=S(=O)(Cl)c1csc2ccc(Br)cc12. The highest BCUT2D eigenvalue weighted by atomic mass is 79.9. The maximum atomic E-state index is 11.2. The van der Waals surface area contributed by atoms with Gasteiger partial charge in [0, 0.05) is 30.6 Å². The standard InChI is InChI=1S/C8H4BrClO2S2/c9-5-1-2-7-6(3-5)8(4-13-7)14(10,11)12/h1-4H. The van der Waals surface area contributed by atoms with Crippen molar-refractivity contribution >= 4 is 57.1 Å². The van der Waals surface area contributed by atoms with E-state index in [0.29, 0.717) is 5.39 Å². The molecule has 0 aliphatic carbocycles. The Morgan fingerprint density at radius 2 is 2.07 bits per heavy atom. The molecule has 6 heteroatoms. The second-order valence-corrected chi connectivity index (χ2v) is 7.04. The molecule has 14 heavy (non-hydrogen) atoms. The number of fused-ring (bicyclic) bond motifs is 1. The molecular formula is C8H4BrClO2S2. The Labute approximate surface area is 98.1 Å². The molecule has 2 nitrogen and oxygen atoms in total. The average Bonchev–Trinajstić information content (AvgIpc) is 2.45. The summed E-state index contributed by atoms with van der Waals surface area (Å²) in [5, 5.41) is 2.22. The van der Waals surface area contributed by atoms with E-state index in [2.05, 4.69) is 15.9 Å². The van der Waals surface area contributed by atoms with E-state index in [4.69, 9.17) is 10.7 Å². The maximum absolute atomic E-state index is 11.2. The zero-order valence-electron chi connectivity index (χ0n) is 6.70. The van der Waals surface area contributed by atoms with Gasteiger partial charge in [0.15, 0.2) is 0 Å². The summed E-state index contributed by atoms with van der Waals surface area (Å²) in [7, 11) is 1.65. The molecule has 0 radical (unpaired) electrons. The lowest BCUT2D eigenvalue weighted by Gasteiger charge is -1.94. The number of thiophene rings is 1. The summed E-state index contributed by atoms with van der Waals surface area (Å²) in [6, 6.07) is 5.47. The molecule has 0 aliphatic heterocycles. The smallest absolute Gasteiger partial charge is 0.207 e. The highest BCUT2D eigenvalue weighted by molar-refractivity contribution is 9.10. The largest absolute Gasteiger partial charge is 0.262 e. The van der Waals surface area contributed by atoms with E-state index < -0.39 is 9.05 Å². The molecular weight excluding hydrogens is 308 g/mol. The summed E-state index contributed by atoms with van der Waals surface area (Å²) in [5.74, 6) is 0. The van der Waals surface area contributed by atoms with E-state index >= 15 is 0 Å². The molecule has 0 atom stereocenters. The van der Waals surface area contributed by atoms with Gasteiger partial charge in [-0.05, 0) is 18.2 Å². The molecule has 0 fully saturated rings. The second-order valence-electron chi connectivity index (χ2n) is 2.68. The molecule has 1 aromatic carbocycles. The zero-order valence-corrected chi connectivity index (χ0v) is 10.7. The molecule has 0 N–H and O–H groups in total. The minimum absolute atomic E-state index is 0.181. The van der Waals surface area contributed by atoms with Crippen LogP contribution in [-0.2, 0) is 9.05 Å². The van der Waals surface area contributed by atoms with E-state index in [1.165, 1.54) is 11.3 Å². The van der Waals surface area contributed by atoms with Crippen LogP contribution >= 0.6 is 37.9 Å². The minimum Gasteiger partial charge on any atom is -0.207 e. The van der Waals surface area contributed by atoms with Crippen LogP contribution in [0.1, 0.15) is 0 Å². The Bertz CT molecular complexity index is 588. The van der Waals surface area contributed by atoms with Gasteiger partial charge in [-0.3, -0.25) is 0 Å². The van der Waals surface area contributed by atoms with Crippen molar-refractivity contribution in [2.45, 2.75) is 4.90 Å². The van der Waals surface area contributed by atoms with Crippen LogP contribution in [0.15, 0.2) is 32.9 Å². The third-order valence-electron chi connectivity index (χ3n) is 1.76. The van der Waals surface area contributed by atoms with Crippen molar-refractivity contribution in [1.29, 1.82) is 0 Å². The Morgan fingerprint density at radius 3 is 2.71 bits per heavy atom. The van der Waals surface area contributed by atoms with Crippen molar-refractivity contribution in [2.75, 3.05) is 0 Å². The molecule has 0 saturated heterocycles. The van der Waals surface area contributed by atoms with Gasteiger partial charge in [-0.2, -0.15) is 0 Å². The fraction of sp³-hybridized carbons (Fsp3) is 0. The van der Waals surface area contributed by atoms with Gasteiger partial charge in [-0.15, -0.1) is 11.3 Å². The first-order valence-corrected chi connectivity index (χ1v) is 7.58. The van der Waals surface area contributed by atoms with Gasteiger partial charge in [0.25, 0.3) is 9.05 Å². The molecule has 1 aromatic heterocycles. The molecule has 0 bridgehead atoms. The molecule has 1 heterocycles. The molecule has 0 unspecified atom stereocenters. The van der Waals surface area contributed by atoms with E-state index in [1.807, 2.05) is 12.1 Å². The van der Waals surface area contributed by atoms with Crippen molar-refractivity contribution in [3.63, 3.8) is 0 Å². The van der Waals surface area contributed by atoms with Crippen LogP contribution < -0.4 is 0 Å². The number of rotatable bonds is 1. The van der Waals surface area contributed by atoms with Crippen LogP contribution in [0.25, 0.3) is 10.1 Å². The average molecular weight is 312 g/mol. The lowest BCUT2D eigenvalue weighted by atomic mass is 10.3. The molecule has 2 aromatic rings. The van der Waals surface area contributed by atoms with Crippen LogP contribution in [0.5, 0.6) is 0 Å². The first kappa shape index (κ1) is 10.4. The third kappa shape index (κ3) is 1.82. The molecule has 0 aliphatic rings. The molecule has 74 valence electrons. The monoisotopic (exact) mass is 310 g/mol. The van der Waals surface area contributed by atoms with Gasteiger partial charge in [0.05, 0.1) is 0 Å². The fourth-order valence-corrected chi connectivity index (χ4v) is 4.01. The Hall–Kier alpha value is -0.100. The summed E-state index contributed by atoms with van der Waals surface area (Å²) in [4.78, 5) is 0.181. The lowest BCUT2D eigenvalue weighted by molar-refractivity contribution is 0.610. The first-order chi connectivity index (χ1) is 6.48. The van der Waals surface area contributed by atoms with Crippen molar-refractivity contribution in [2.24, 2.45) is 0 Å². The topological polar surface area (TPSA) is 34.1 Å². The van der Waals surface area contributed by atoms with Gasteiger partial charge in [0.1, 0.15) is 4.90 Å². The quantitative estimate of drug-likeness (QED) is 0.754. The summed E-state index contributed by atoms with van der Waals surface area (Å²) < 4.78 is 24.1. The minimum atomic E-state index is -3.64. The van der Waals surface area contributed by atoms with Gasteiger partial charge >= 0.3 is 0 Å². The van der Waals surface area contributed by atoms with E-state index in [1.54, 1.807) is 11.4 Å². The van der Waals surface area contributed by atoms with Crippen molar-refractivity contribution in [3.05, 3.63) is 28.1 Å². The first-order valence-electron chi connectivity index (χ1n) is 3.60. The van der Waals surface area contributed by atoms with Gasteiger partial charge in [-0.1, -0.05) is 15.9 Å². The van der Waals surface area contributed by atoms with Crippen LogP contribution in [0.2, 0.25) is 0 Å². The van der Waals surface area contributed by atoms with Gasteiger partial charge in [-0.25, -0.2) is 8.42 Å². The van der Waals surface area contributed by atoms with Crippen LogP contribution in [0.3, 0.4) is 0 Å². The number of benzene rings is 1. The fourth-order valence-electron chi connectivity index (χ4n) is 1.17. The second kappa shape index (κ2) is 3.48. The van der Waals surface area contributed by atoms with Gasteiger partial charge in [0.2, 0.25) is 0 Å². The summed E-state index contributed by atoms with van der Waals surface area (Å²) >= 11 is 4.65. The van der Waals surface area contributed by atoms with Crippen molar-refractivity contribution in [1.82, 2.24) is 0 Å².